The number of hydrogen-bond acceptors (Lipinski definition) is 5. The summed E-state index contributed by atoms with van der Waals surface area (Å²) in [4.78, 5) is 17.3. The van der Waals surface area contributed by atoms with Crippen LogP contribution in [0.2, 0.25) is 15.1 Å². The van der Waals surface area contributed by atoms with Gasteiger partial charge in [-0.05, 0) is 48.9 Å². The molecule has 0 spiro atoms. The zero-order chi connectivity index (χ0) is 20.3. The van der Waals surface area contributed by atoms with Crippen molar-refractivity contribution in [3.05, 3.63) is 79.3 Å². The van der Waals surface area contributed by atoms with Gasteiger partial charge in [0.25, 0.3) is 0 Å². The molecule has 4 nitrogen and oxygen atoms in total. The first-order chi connectivity index (χ1) is 13.4. The number of aliphatic hydroxyl groups is 1. The monoisotopic (exact) mass is 453 g/mol. The maximum atomic E-state index is 12.4. The Morgan fingerprint density at radius 2 is 1.93 bits per heavy atom. The fourth-order valence-electron chi connectivity index (χ4n) is 2.41. The van der Waals surface area contributed by atoms with E-state index in [1.807, 2.05) is 0 Å². The molecule has 0 saturated carbocycles. The smallest absolute Gasteiger partial charge is 0.344 e. The zero-order valence-corrected chi connectivity index (χ0v) is 17.7. The van der Waals surface area contributed by atoms with E-state index in [1.165, 1.54) is 0 Å². The highest BCUT2D eigenvalue weighted by Crippen LogP contribution is 2.41. The SMILES string of the molecule is CCOC(=O)C1=C(O)/C(=C/c2ccc(Cl)cc2Cl)SC1=Nc1cccc(Cl)c1. The molecular weight excluding hydrogens is 441 g/mol. The second-order valence-electron chi connectivity index (χ2n) is 5.62. The molecule has 0 aliphatic carbocycles. The second kappa shape index (κ2) is 9.05. The fourth-order valence-corrected chi connectivity index (χ4v) is 4.09. The predicted octanol–water partition coefficient (Wildman–Crippen LogP) is 6.84. The lowest BCUT2D eigenvalue weighted by Crippen LogP contribution is -2.12. The van der Waals surface area contributed by atoms with Crippen LogP contribution in [0.3, 0.4) is 0 Å². The Labute approximate surface area is 181 Å². The molecule has 2 aromatic carbocycles. The number of halogens is 3. The predicted molar refractivity (Wildman–Crippen MR) is 117 cm³/mol. The minimum absolute atomic E-state index is 0.00293. The van der Waals surface area contributed by atoms with Gasteiger partial charge in [0.05, 0.1) is 17.2 Å². The number of ether oxygens (including phenoxy) is 1. The first-order valence-corrected chi connectivity index (χ1v) is 10.1. The Hall–Kier alpha value is -1.92. The number of thioether (sulfide) groups is 1. The summed E-state index contributed by atoms with van der Waals surface area (Å²) in [5.74, 6) is -0.867. The summed E-state index contributed by atoms with van der Waals surface area (Å²) in [6.07, 6.45) is 1.67. The third kappa shape index (κ3) is 4.73. The molecule has 8 heteroatoms. The molecular formula is C20H14Cl3NO3S. The van der Waals surface area contributed by atoms with E-state index >= 15 is 0 Å². The van der Waals surface area contributed by atoms with Gasteiger partial charge in [-0.2, -0.15) is 0 Å². The van der Waals surface area contributed by atoms with E-state index < -0.39 is 5.97 Å². The number of benzene rings is 2. The van der Waals surface area contributed by atoms with Crippen molar-refractivity contribution < 1.29 is 14.6 Å². The van der Waals surface area contributed by atoms with Crippen molar-refractivity contribution in [2.45, 2.75) is 6.92 Å². The van der Waals surface area contributed by atoms with Crippen LogP contribution in [0.25, 0.3) is 6.08 Å². The summed E-state index contributed by atoms with van der Waals surface area (Å²) in [6.45, 7) is 1.86. The highest BCUT2D eigenvalue weighted by molar-refractivity contribution is 8.18. The second-order valence-corrected chi connectivity index (χ2v) is 7.93. The minimum atomic E-state index is -0.654. The summed E-state index contributed by atoms with van der Waals surface area (Å²) in [5.41, 5.74) is 1.20. The Balaban J connectivity index is 2.07. The third-order valence-corrected chi connectivity index (χ3v) is 5.48. The van der Waals surface area contributed by atoms with Crippen molar-refractivity contribution in [2.24, 2.45) is 4.99 Å². The number of esters is 1. The number of carbonyl (C=O) groups excluding carboxylic acids is 1. The molecule has 3 rings (SSSR count). The summed E-state index contributed by atoms with van der Waals surface area (Å²) in [7, 11) is 0. The van der Waals surface area contributed by atoms with Gasteiger partial charge in [0.2, 0.25) is 0 Å². The molecule has 144 valence electrons. The van der Waals surface area contributed by atoms with Crippen LogP contribution in [0, 0.1) is 0 Å². The van der Waals surface area contributed by atoms with E-state index in [4.69, 9.17) is 39.5 Å². The van der Waals surface area contributed by atoms with Crippen molar-refractivity contribution in [3.8, 4) is 0 Å². The number of hydrogen-bond donors (Lipinski definition) is 1. The Morgan fingerprint density at radius 1 is 1.18 bits per heavy atom. The average Bonchev–Trinajstić information content (AvgIpc) is 2.93. The first-order valence-electron chi connectivity index (χ1n) is 8.19. The van der Waals surface area contributed by atoms with E-state index in [-0.39, 0.29) is 17.9 Å². The van der Waals surface area contributed by atoms with E-state index in [1.54, 1.807) is 55.5 Å². The molecule has 0 atom stereocenters. The standard InChI is InChI=1S/C20H14Cl3NO3S/c1-2-27-20(26)17-18(25)16(8-11-6-7-13(22)10-15(11)23)28-19(17)24-14-5-3-4-12(21)9-14/h3-10,25H,2H2,1H3/b16-8-,24-19?. The van der Waals surface area contributed by atoms with Crippen LogP contribution < -0.4 is 0 Å². The molecule has 0 unspecified atom stereocenters. The van der Waals surface area contributed by atoms with E-state index in [9.17, 15) is 9.90 Å². The molecule has 0 bridgehead atoms. The van der Waals surface area contributed by atoms with Crippen LogP contribution >= 0.6 is 46.6 Å². The lowest BCUT2D eigenvalue weighted by atomic mass is 10.1. The lowest BCUT2D eigenvalue weighted by molar-refractivity contribution is -0.138. The molecule has 1 aliphatic heterocycles. The van der Waals surface area contributed by atoms with Gasteiger partial charge in [0, 0.05) is 15.1 Å². The summed E-state index contributed by atoms with van der Waals surface area (Å²) in [6, 6.07) is 11.9. The van der Waals surface area contributed by atoms with Gasteiger partial charge in [-0.15, -0.1) is 0 Å². The minimum Gasteiger partial charge on any atom is -0.506 e. The molecule has 0 amide bonds. The van der Waals surface area contributed by atoms with Crippen LogP contribution in [-0.4, -0.2) is 22.7 Å². The van der Waals surface area contributed by atoms with Crippen LogP contribution in [-0.2, 0) is 9.53 Å². The first kappa shape index (κ1) is 20.8. The van der Waals surface area contributed by atoms with Crippen molar-refractivity contribution in [2.75, 3.05) is 6.61 Å². The molecule has 28 heavy (non-hydrogen) atoms. The van der Waals surface area contributed by atoms with Crippen molar-refractivity contribution in [1.82, 2.24) is 0 Å². The van der Waals surface area contributed by atoms with Gasteiger partial charge < -0.3 is 9.84 Å². The van der Waals surface area contributed by atoms with Gasteiger partial charge >= 0.3 is 5.97 Å². The van der Waals surface area contributed by atoms with Gasteiger partial charge in [-0.1, -0.05) is 58.7 Å². The molecule has 0 saturated heterocycles. The number of rotatable bonds is 4. The van der Waals surface area contributed by atoms with Gasteiger partial charge in [-0.3, -0.25) is 0 Å². The topological polar surface area (TPSA) is 58.9 Å². The molecule has 0 radical (unpaired) electrons. The largest absolute Gasteiger partial charge is 0.506 e. The molecule has 0 aromatic heterocycles. The Morgan fingerprint density at radius 3 is 2.61 bits per heavy atom. The van der Waals surface area contributed by atoms with Gasteiger partial charge in [0.1, 0.15) is 16.4 Å². The van der Waals surface area contributed by atoms with Crippen molar-refractivity contribution >= 4 is 69.3 Å². The summed E-state index contributed by atoms with van der Waals surface area (Å²) in [5, 5.41) is 12.4. The Kier molecular flexibility index (Phi) is 6.73. The van der Waals surface area contributed by atoms with Crippen molar-refractivity contribution in [1.29, 1.82) is 0 Å². The fraction of sp³-hybridized carbons (Fsp3) is 0.100. The highest BCUT2D eigenvalue weighted by atomic mass is 35.5. The highest BCUT2D eigenvalue weighted by Gasteiger charge is 2.33. The van der Waals surface area contributed by atoms with Crippen LogP contribution in [0.15, 0.2) is 63.7 Å². The summed E-state index contributed by atoms with van der Waals surface area (Å²) < 4.78 is 5.08. The number of aliphatic hydroxyl groups excluding tert-OH is 1. The number of nitrogens with zero attached hydrogens (tertiary/aromatic N) is 1. The van der Waals surface area contributed by atoms with Crippen LogP contribution in [0.1, 0.15) is 12.5 Å². The van der Waals surface area contributed by atoms with Crippen molar-refractivity contribution in [3.63, 3.8) is 0 Å². The van der Waals surface area contributed by atoms with Crippen LogP contribution in [0.4, 0.5) is 5.69 Å². The molecule has 1 N–H and O–H groups in total. The Bertz CT molecular complexity index is 1030. The normalized spacial score (nSPS) is 16.9. The average molecular weight is 455 g/mol. The zero-order valence-electron chi connectivity index (χ0n) is 14.6. The lowest BCUT2D eigenvalue weighted by Gasteiger charge is -2.04. The van der Waals surface area contributed by atoms with E-state index in [2.05, 4.69) is 4.99 Å². The quantitative estimate of drug-likeness (QED) is 0.514. The third-order valence-electron chi connectivity index (χ3n) is 3.66. The molecule has 0 fully saturated rings. The molecule has 1 heterocycles. The van der Waals surface area contributed by atoms with E-state index in [0.29, 0.717) is 36.3 Å². The van der Waals surface area contributed by atoms with Crippen LogP contribution in [0.5, 0.6) is 0 Å². The van der Waals surface area contributed by atoms with Gasteiger partial charge in [0.15, 0.2) is 0 Å². The molecule has 1 aliphatic rings. The van der Waals surface area contributed by atoms with Gasteiger partial charge in [-0.25, -0.2) is 9.79 Å². The molecule has 2 aromatic rings. The number of carbonyl (C=O) groups is 1. The van der Waals surface area contributed by atoms with E-state index in [0.717, 1.165) is 11.8 Å². The maximum Gasteiger partial charge on any atom is 0.344 e. The summed E-state index contributed by atoms with van der Waals surface area (Å²) >= 11 is 19.3. The maximum absolute atomic E-state index is 12.4. The number of aliphatic imine (C=N–C) groups is 1.